The molecule has 4 rings (SSSR count). The number of nitrogens with one attached hydrogen (secondary N) is 1. The molecule has 4 saturated carbocycles. The van der Waals surface area contributed by atoms with Crippen LogP contribution in [0.2, 0.25) is 0 Å². The first-order valence-electron chi connectivity index (χ1n) is 8.32. The van der Waals surface area contributed by atoms with Gasteiger partial charge in [0.25, 0.3) is 0 Å². The summed E-state index contributed by atoms with van der Waals surface area (Å²) in [7, 11) is 0. The topological polar surface area (TPSA) is 46.2 Å². The molecule has 0 heterocycles. The lowest BCUT2D eigenvalue weighted by Crippen LogP contribution is -2.49. The summed E-state index contributed by atoms with van der Waals surface area (Å²) in [5.41, 5.74) is 0.272. The average Bonchev–Trinajstić information content (AvgIpc) is 2.34. The van der Waals surface area contributed by atoms with Crippen molar-refractivity contribution >= 4 is 11.7 Å². The lowest BCUT2D eigenvalue weighted by Gasteiger charge is -2.56. The maximum absolute atomic E-state index is 12.3. The van der Waals surface area contributed by atoms with Gasteiger partial charge >= 0.3 is 0 Å². The number of ketones is 1. The summed E-state index contributed by atoms with van der Waals surface area (Å²) in [4.78, 5) is 23.9. The molecule has 0 aromatic carbocycles. The molecule has 0 aliphatic heterocycles. The van der Waals surface area contributed by atoms with Crippen LogP contribution in [0.1, 0.15) is 65.2 Å². The maximum Gasteiger partial charge on any atom is 0.221 e. The number of amides is 1. The zero-order chi connectivity index (χ0) is 14.3. The quantitative estimate of drug-likeness (QED) is 0.839. The molecule has 1 atom stereocenters. The Hall–Kier alpha value is -0.860. The molecule has 112 valence electrons. The largest absolute Gasteiger partial charge is 0.347 e. The highest BCUT2D eigenvalue weighted by atomic mass is 16.2. The predicted molar refractivity (Wildman–Crippen MR) is 78.1 cm³/mol. The summed E-state index contributed by atoms with van der Waals surface area (Å²) in [6.45, 7) is 3.66. The van der Waals surface area contributed by atoms with Gasteiger partial charge in [0.2, 0.25) is 5.91 Å². The third-order valence-electron chi connectivity index (χ3n) is 5.91. The number of Topliss-reactive ketones (excluding diaryl/α,β-unsaturated/α-hetero) is 1. The summed E-state index contributed by atoms with van der Waals surface area (Å²) in [6.07, 6.45) is 9.13. The zero-order valence-corrected chi connectivity index (χ0v) is 12.8. The molecule has 4 aliphatic carbocycles. The molecule has 0 aromatic rings. The predicted octanol–water partition coefficient (Wildman–Crippen LogP) is 3.08. The van der Waals surface area contributed by atoms with Crippen LogP contribution in [0.25, 0.3) is 0 Å². The van der Waals surface area contributed by atoms with Crippen LogP contribution in [-0.2, 0) is 9.59 Å². The van der Waals surface area contributed by atoms with Gasteiger partial charge in [0, 0.05) is 12.8 Å². The highest BCUT2D eigenvalue weighted by Crippen LogP contribution is 2.61. The Balaban J connectivity index is 1.60. The number of carbonyl (C=O) groups excluding carboxylic acids is 2. The van der Waals surface area contributed by atoms with Crippen molar-refractivity contribution in [1.82, 2.24) is 5.32 Å². The van der Waals surface area contributed by atoms with E-state index in [0.29, 0.717) is 12.8 Å². The van der Waals surface area contributed by atoms with E-state index in [1.807, 2.05) is 13.8 Å². The van der Waals surface area contributed by atoms with Crippen molar-refractivity contribution in [3.8, 4) is 0 Å². The van der Waals surface area contributed by atoms with E-state index in [1.54, 1.807) is 0 Å². The van der Waals surface area contributed by atoms with Crippen molar-refractivity contribution < 1.29 is 9.59 Å². The minimum absolute atomic E-state index is 0.0984. The monoisotopic (exact) mass is 277 g/mol. The van der Waals surface area contributed by atoms with Gasteiger partial charge in [-0.1, -0.05) is 6.92 Å². The second-order valence-corrected chi connectivity index (χ2v) is 7.70. The molecule has 0 saturated heterocycles. The van der Waals surface area contributed by atoms with Crippen molar-refractivity contribution in [3.05, 3.63) is 0 Å². The van der Waals surface area contributed by atoms with Crippen LogP contribution in [0.4, 0.5) is 0 Å². The van der Waals surface area contributed by atoms with Crippen LogP contribution in [0.15, 0.2) is 0 Å². The Bertz CT molecular complexity index is 380. The Labute approximate surface area is 121 Å². The van der Waals surface area contributed by atoms with E-state index < -0.39 is 0 Å². The smallest absolute Gasteiger partial charge is 0.221 e. The Kier molecular flexibility index (Phi) is 3.64. The van der Waals surface area contributed by atoms with Crippen molar-refractivity contribution in [2.75, 3.05) is 0 Å². The number of hydrogen-bond acceptors (Lipinski definition) is 2. The van der Waals surface area contributed by atoms with Gasteiger partial charge in [0.15, 0.2) is 5.78 Å². The van der Waals surface area contributed by atoms with Crippen molar-refractivity contribution in [1.29, 1.82) is 0 Å². The maximum atomic E-state index is 12.3. The number of rotatable bonds is 5. The summed E-state index contributed by atoms with van der Waals surface area (Å²) in [5.74, 6) is 2.86. The molecule has 0 spiro atoms. The van der Waals surface area contributed by atoms with Gasteiger partial charge in [-0.3, -0.25) is 9.59 Å². The van der Waals surface area contributed by atoms with Gasteiger partial charge in [-0.25, -0.2) is 0 Å². The van der Waals surface area contributed by atoms with E-state index in [2.05, 4.69) is 5.32 Å². The first-order chi connectivity index (χ1) is 9.49. The molecule has 1 unspecified atom stereocenters. The van der Waals surface area contributed by atoms with Crippen LogP contribution in [-0.4, -0.2) is 17.7 Å². The lowest BCUT2D eigenvalue weighted by atomic mass is 9.49. The third-order valence-corrected chi connectivity index (χ3v) is 5.91. The minimum atomic E-state index is -0.318. The van der Waals surface area contributed by atoms with Crippen LogP contribution < -0.4 is 5.32 Å². The highest BCUT2D eigenvalue weighted by Gasteiger charge is 2.51. The molecule has 3 nitrogen and oxygen atoms in total. The summed E-state index contributed by atoms with van der Waals surface area (Å²) in [6, 6.07) is -0.318. The van der Waals surface area contributed by atoms with Gasteiger partial charge in [0.1, 0.15) is 0 Å². The van der Waals surface area contributed by atoms with E-state index in [4.69, 9.17) is 0 Å². The van der Waals surface area contributed by atoms with E-state index in [0.717, 1.165) is 17.8 Å². The fourth-order valence-corrected chi connectivity index (χ4v) is 5.53. The van der Waals surface area contributed by atoms with Gasteiger partial charge in [-0.2, -0.15) is 0 Å². The summed E-state index contributed by atoms with van der Waals surface area (Å²) < 4.78 is 0. The van der Waals surface area contributed by atoms with Crippen molar-refractivity contribution in [3.63, 3.8) is 0 Å². The van der Waals surface area contributed by atoms with E-state index in [-0.39, 0.29) is 23.1 Å². The van der Waals surface area contributed by atoms with Crippen molar-refractivity contribution in [2.24, 2.45) is 23.2 Å². The molecular weight excluding hydrogens is 250 g/mol. The molecule has 0 radical (unpaired) electrons. The van der Waals surface area contributed by atoms with E-state index in [1.165, 1.54) is 38.5 Å². The van der Waals surface area contributed by atoms with Crippen molar-refractivity contribution in [2.45, 2.75) is 71.3 Å². The normalized spacial score (nSPS) is 39.6. The highest BCUT2D eigenvalue weighted by molar-refractivity contribution is 5.88. The first-order valence-corrected chi connectivity index (χ1v) is 8.32. The first kappa shape index (κ1) is 14.1. The fourth-order valence-electron chi connectivity index (χ4n) is 5.53. The standard InChI is InChI=1S/C17H27NO2/c1-3-15(19)11(2)18-16(20)10-17-7-12-4-13(8-17)6-14(5-12)9-17/h11-14H,3-10H2,1-2H3,(H,18,20). The number of hydrogen-bond donors (Lipinski definition) is 1. The van der Waals surface area contributed by atoms with E-state index >= 15 is 0 Å². The third kappa shape index (κ3) is 2.64. The average molecular weight is 277 g/mol. The Morgan fingerprint density at radius 3 is 2.05 bits per heavy atom. The van der Waals surface area contributed by atoms with Crippen LogP contribution in [0.5, 0.6) is 0 Å². The SMILES string of the molecule is CCC(=O)C(C)NC(=O)CC12CC3CC(CC(C3)C1)C2. The molecule has 4 fully saturated rings. The van der Waals surface area contributed by atoms with Gasteiger partial charge in [-0.15, -0.1) is 0 Å². The minimum Gasteiger partial charge on any atom is -0.347 e. The van der Waals surface area contributed by atoms with Gasteiger partial charge in [-0.05, 0) is 68.6 Å². The second-order valence-electron chi connectivity index (χ2n) is 7.70. The van der Waals surface area contributed by atoms with E-state index in [9.17, 15) is 9.59 Å². The van der Waals surface area contributed by atoms with Crippen LogP contribution >= 0.6 is 0 Å². The summed E-state index contributed by atoms with van der Waals surface area (Å²) >= 11 is 0. The van der Waals surface area contributed by atoms with Gasteiger partial charge in [0.05, 0.1) is 6.04 Å². The molecule has 1 amide bonds. The lowest BCUT2D eigenvalue weighted by molar-refractivity contribution is -0.133. The molecular formula is C17H27NO2. The molecule has 1 N–H and O–H groups in total. The number of carbonyl (C=O) groups is 2. The van der Waals surface area contributed by atoms with Crippen LogP contribution in [0, 0.1) is 23.2 Å². The molecule has 3 heteroatoms. The van der Waals surface area contributed by atoms with Gasteiger partial charge < -0.3 is 5.32 Å². The van der Waals surface area contributed by atoms with Crippen LogP contribution in [0.3, 0.4) is 0 Å². The molecule has 4 bridgehead atoms. The molecule has 20 heavy (non-hydrogen) atoms. The molecule has 0 aromatic heterocycles. The molecule has 4 aliphatic rings. The summed E-state index contributed by atoms with van der Waals surface area (Å²) in [5, 5.41) is 2.92. The Morgan fingerprint density at radius 1 is 1.10 bits per heavy atom. The Morgan fingerprint density at radius 2 is 1.60 bits per heavy atom. The second kappa shape index (κ2) is 5.16. The fraction of sp³-hybridized carbons (Fsp3) is 0.882. The zero-order valence-electron chi connectivity index (χ0n) is 12.8.